The number of carbonyl (C=O) groups is 3. The van der Waals surface area contributed by atoms with Gasteiger partial charge in [0.2, 0.25) is 11.8 Å². The first kappa shape index (κ1) is 58.1. The number of hydrogen-bond acceptors (Lipinski definition) is 16. The molecule has 15 rings (SSSR count). The van der Waals surface area contributed by atoms with Gasteiger partial charge in [0.05, 0.1) is 52.9 Å². The lowest BCUT2D eigenvalue weighted by Crippen LogP contribution is -2.21. The van der Waals surface area contributed by atoms with Crippen molar-refractivity contribution >= 4 is 120 Å². The molecule has 5 aromatic carbocycles. The van der Waals surface area contributed by atoms with Crippen LogP contribution in [0.4, 0.5) is 17.1 Å². The molecule has 0 radical (unpaired) electrons. The Kier molecular flexibility index (Phi) is 17.3. The summed E-state index contributed by atoms with van der Waals surface area (Å²) in [5.41, 5.74) is 10.7. The van der Waals surface area contributed by atoms with E-state index in [0.717, 1.165) is 129 Å². The summed E-state index contributed by atoms with van der Waals surface area (Å²) >= 11 is 4.85. The molecule has 3 aliphatic carbocycles. The predicted octanol–water partition coefficient (Wildman–Crippen LogP) is 13.3. The van der Waals surface area contributed by atoms with Crippen molar-refractivity contribution in [3.05, 3.63) is 211 Å². The number of H-pyrrole nitrogens is 4. The highest BCUT2D eigenvalue weighted by Gasteiger charge is 2.63. The van der Waals surface area contributed by atoms with E-state index in [4.69, 9.17) is 4.74 Å². The number of allylic oxidation sites excluding steroid dienone is 2. The molecule has 2 saturated carbocycles. The topological polar surface area (TPSA) is 276 Å². The average molecular weight is 1240 g/mol. The lowest BCUT2D eigenvalue weighted by atomic mass is 9.85. The lowest BCUT2D eigenvalue weighted by molar-refractivity contribution is -0.119. The van der Waals surface area contributed by atoms with Crippen LogP contribution in [-0.2, 0) is 26.8 Å². The molecule has 23 heteroatoms. The molecule has 4 unspecified atom stereocenters. The molecule has 20 nitrogen and oxygen atoms in total. The standard InChI is InChI=1S/C23H23N5OS.C22H19N5O2S.C21H16N6OS/c29-21(15-8-16-4-2-5-17-10-23(16,17)9-15)27-18-6-1-3-14(7-18)12-30-22-19-11-26-28-20(19)24-13-25-22;1-29-18-7-3-4-15(11-18)8-9-20(28)26-17-6-2-5-16(10-17)13-30-22-19-12-25-27-21(19)23-14-24-22;28-20(16-6-2-4-14-7-8-22-18(14)16)26-15-5-1-3-13(9-15)11-29-21-17-10-25-27-19(17)23-12-24-21/h1-4,6-7,11,13,15-17H,5,8-10,12H2,(H,27,29)(H,24,25,26,28);2-12,14H,13H2,1H3,(H,26,28)(H,23,24,25,27);1-10,12,22H,11H2,(H,26,28)(H,23,24,25,27)/b;9-8+;. The van der Waals surface area contributed by atoms with Gasteiger partial charge in [-0.2, -0.15) is 15.3 Å². The van der Waals surface area contributed by atoms with E-state index >= 15 is 0 Å². The van der Waals surface area contributed by atoms with Gasteiger partial charge in [-0.05, 0) is 132 Å². The average Bonchev–Trinajstić information content (AvgIpc) is 1.56. The second kappa shape index (κ2) is 26.6. The Balaban J connectivity index is 0.000000123. The smallest absolute Gasteiger partial charge is 0.257 e. The number of para-hydroxylation sites is 1. The number of methoxy groups -OCH3 is 1. The van der Waals surface area contributed by atoms with E-state index in [2.05, 4.69) is 106 Å². The van der Waals surface area contributed by atoms with Gasteiger partial charge in [0.1, 0.15) is 39.8 Å². The zero-order valence-corrected chi connectivity index (χ0v) is 50.4. The Hall–Kier alpha value is -9.97. The van der Waals surface area contributed by atoms with Gasteiger partial charge >= 0.3 is 0 Å². The van der Waals surface area contributed by atoms with Crippen molar-refractivity contribution < 1.29 is 19.1 Å². The van der Waals surface area contributed by atoms with Gasteiger partial charge in [0.25, 0.3) is 5.91 Å². The van der Waals surface area contributed by atoms with Crippen molar-refractivity contribution in [1.82, 2.24) is 65.5 Å². The highest BCUT2D eigenvalue weighted by Crippen LogP contribution is 2.70. The minimum absolute atomic E-state index is 0.135. The van der Waals surface area contributed by atoms with E-state index in [0.29, 0.717) is 28.4 Å². The van der Waals surface area contributed by atoms with Crippen LogP contribution in [0.1, 0.15) is 58.3 Å². The monoisotopic (exact) mass is 1230 g/mol. The summed E-state index contributed by atoms with van der Waals surface area (Å²) < 4.78 is 5.19. The zero-order valence-electron chi connectivity index (χ0n) is 48.0. The first-order valence-corrected chi connectivity index (χ1v) is 31.7. The Bertz CT molecular complexity index is 4600. The number of hydrogen-bond donors (Lipinski definition) is 7. The van der Waals surface area contributed by atoms with E-state index < -0.39 is 0 Å². The first-order valence-electron chi connectivity index (χ1n) is 28.8. The van der Waals surface area contributed by atoms with Crippen LogP contribution >= 0.6 is 35.3 Å². The maximum Gasteiger partial charge on any atom is 0.257 e. The third kappa shape index (κ3) is 13.6. The molecule has 12 aromatic rings. The van der Waals surface area contributed by atoms with E-state index in [9.17, 15) is 14.4 Å². The van der Waals surface area contributed by atoms with Crippen LogP contribution < -0.4 is 20.7 Å². The van der Waals surface area contributed by atoms with Gasteiger partial charge in [-0.25, -0.2) is 29.9 Å². The molecule has 4 atom stereocenters. The number of benzene rings is 5. The molecule has 0 aliphatic heterocycles. The van der Waals surface area contributed by atoms with Crippen molar-refractivity contribution in [1.29, 1.82) is 0 Å². The third-order valence-corrected chi connectivity index (χ3v) is 19.3. The minimum Gasteiger partial charge on any atom is -0.497 e. The molecule has 7 N–H and O–H groups in total. The summed E-state index contributed by atoms with van der Waals surface area (Å²) in [5, 5.41) is 36.1. The fourth-order valence-corrected chi connectivity index (χ4v) is 14.3. The molecule has 2 fully saturated rings. The molecule has 7 aromatic heterocycles. The number of amides is 3. The summed E-state index contributed by atoms with van der Waals surface area (Å²) in [6.07, 6.45) is 24.2. The molecule has 444 valence electrons. The van der Waals surface area contributed by atoms with E-state index in [1.165, 1.54) is 31.6 Å². The fraction of sp³-hybridized carbons (Fsp3) is 0.182. The number of aromatic amines is 4. The van der Waals surface area contributed by atoms with Crippen LogP contribution in [0.15, 0.2) is 198 Å². The predicted molar refractivity (Wildman–Crippen MR) is 349 cm³/mol. The second-order valence-electron chi connectivity index (χ2n) is 21.7. The number of carbonyl (C=O) groups excluding carboxylic acids is 3. The molecule has 0 bridgehead atoms. The summed E-state index contributed by atoms with van der Waals surface area (Å²) in [7, 11) is 1.61. The van der Waals surface area contributed by atoms with Gasteiger partial charge in [0, 0.05) is 57.9 Å². The summed E-state index contributed by atoms with van der Waals surface area (Å²) in [4.78, 5) is 66.7. The Labute approximate surface area is 522 Å². The van der Waals surface area contributed by atoms with Crippen molar-refractivity contribution in [2.75, 3.05) is 23.1 Å². The largest absolute Gasteiger partial charge is 0.497 e. The van der Waals surface area contributed by atoms with Crippen LogP contribution in [0.25, 0.3) is 50.1 Å². The molecular formula is C66H58N16O4S3. The van der Waals surface area contributed by atoms with Gasteiger partial charge in [-0.3, -0.25) is 29.7 Å². The quantitative estimate of drug-likeness (QED) is 0.0193. The summed E-state index contributed by atoms with van der Waals surface area (Å²) in [6, 6.07) is 38.9. The fourth-order valence-electron chi connectivity index (χ4n) is 11.6. The highest BCUT2D eigenvalue weighted by molar-refractivity contribution is 7.99. The number of anilines is 3. The third-order valence-electron chi connectivity index (χ3n) is 16.0. The Morgan fingerprint density at radius 2 is 1.17 bits per heavy atom. The van der Waals surface area contributed by atoms with E-state index in [1.807, 2.05) is 115 Å². The van der Waals surface area contributed by atoms with Crippen molar-refractivity contribution in [2.24, 2.45) is 23.2 Å². The van der Waals surface area contributed by atoms with Crippen molar-refractivity contribution in [3.8, 4) is 5.75 Å². The van der Waals surface area contributed by atoms with Crippen LogP contribution in [0.3, 0.4) is 0 Å². The van der Waals surface area contributed by atoms with Gasteiger partial charge in [-0.15, -0.1) is 35.3 Å². The molecule has 1 spiro atoms. The van der Waals surface area contributed by atoms with Gasteiger partial charge < -0.3 is 25.7 Å². The lowest BCUT2D eigenvalue weighted by Gasteiger charge is -2.19. The molecule has 7 heterocycles. The minimum atomic E-state index is -0.196. The van der Waals surface area contributed by atoms with Crippen LogP contribution in [-0.4, -0.2) is 90.3 Å². The molecule has 89 heavy (non-hydrogen) atoms. The number of aromatic nitrogens is 13. The molecule has 0 saturated heterocycles. The number of thioether (sulfide) groups is 3. The van der Waals surface area contributed by atoms with Gasteiger partial charge in [0.15, 0.2) is 16.9 Å². The number of nitrogens with one attached hydrogen (secondary N) is 7. The van der Waals surface area contributed by atoms with Crippen molar-refractivity contribution in [2.45, 2.75) is 58.0 Å². The highest BCUT2D eigenvalue weighted by atomic mass is 32.2. The molecular weight excluding hydrogens is 1180 g/mol. The SMILES string of the molecule is COc1cccc(/C=C/C(=O)Nc2cccc(CSc3ncnc4[nH]ncc34)c2)c1.O=C(Nc1cccc(CSc2ncnc3[nH]ncc23)c1)C1CC2C=CCC3CC23C1.O=C(Nc1cccc(CSc2ncnc3[nH]ncc23)c1)c1cccc2cc[nH]c12. The molecule has 3 amide bonds. The van der Waals surface area contributed by atoms with Crippen molar-refractivity contribution in [3.63, 3.8) is 0 Å². The Morgan fingerprint density at radius 1 is 0.618 bits per heavy atom. The first-order chi connectivity index (χ1) is 43.7. The zero-order chi connectivity index (χ0) is 60.5. The van der Waals surface area contributed by atoms with Crippen LogP contribution in [0.5, 0.6) is 5.75 Å². The maximum atomic E-state index is 13.0. The Morgan fingerprint density at radius 3 is 1.74 bits per heavy atom. The van der Waals surface area contributed by atoms with Gasteiger partial charge in [-0.1, -0.05) is 72.8 Å². The number of ether oxygens (including phenoxy) is 1. The molecule has 3 aliphatic rings. The normalized spacial score (nSPS) is 17.1. The summed E-state index contributed by atoms with van der Waals surface area (Å²) in [6.45, 7) is 0. The number of rotatable bonds is 17. The van der Waals surface area contributed by atoms with Crippen LogP contribution in [0.2, 0.25) is 0 Å². The second-order valence-corrected chi connectivity index (χ2v) is 24.6. The number of fused-ring (bicyclic) bond motifs is 4. The summed E-state index contributed by atoms with van der Waals surface area (Å²) in [5.74, 6) is 4.36. The van der Waals surface area contributed by atoms with E-state index in [1.54, 1.807) is 73.4 Å². The van der Waals surface area contributed by atoms with E-state index in [-0.39, 0.29) is 23.6 Å². The number of nitrogens with zero attached hydrogens (tertiary/aromatic N) is 9. The maximum absolute atomic E-state index is 13.0. The van der Waals surface area contributed by atoms with Crippen LogP contribution in [0, 0.1) is 23.2 Å².